The van der Waals surface area contributed by atoms with Gasteiger partial charge in [-0.3, -0.25) is 0 Å². The fourth-order valence-electron chi connectivity index (χ4n) is 6.56. The Morgan fingerprint density at radius 3 is 2.14 bits per heavy atom. The molecule has 0 N–H and O–H groups in total. The van der Waals surface area contributed by atoms with Gasteiger partial charge in [0.25, 0.3) is 5.65 Å². The van der Waals surface area contributed by atoms with Crippen LogP contribution in [0.15, 0.2) is 66.7 Å². The van der Waals surface area contributed by atoms with E-state index in [-0.39, 0.29) is 0 Å². The number of nitrogens with zero attached hydrogens (tertiary/aromatic N) is 2. The van der Waals surface area contributed by atoms with Crippen molar-refractivity contribution in [3.05, 3.63) is 94.5 Å². The number of aryl methyl sites for hydroxylation is 2. The number of imidazole rings is 1. The van der Waals surface area contributed by atoms with Gasteiger partial charge in [-0.1, -0.05) is 64.1 Å². The van der Waals surface area contributed by atoms with Crippen molar-refractivity contribution in [2.45, 2.75) is 59.9 Å². The van der Waals surface area contributed by atoms with Crippen LogP contribution in [0.3, 0.4) is 0 Å². The quantitative estimate of drug-likeness (QED) is 0.181. The molecule has 0 radical (unpaired) electrons. The monoisotopic (exact) mass is 469 g/mol. The molecule has 7 rings (SSSR count). The number of hydrogen-bond donors (Lipinski definition) is 0. The third kappa shape index (κ3) is 2.76. The molecule has 178 valence electrons. The SMILES string of the molecule is Cc1cc2c3cccc4c3c3n(c2cc1C)c1cc(-c2c(C(C)C)cccc2C(C)C)ccc1[n+]3C4. The van der Waals surface area contributed by atoms with Crippen molar-refractivity contribution in [2.75, 3.05) is 0 Å². The molecule has 1 aliphatic heterocycles. The minimum absolute atomic E-state index is 0.472. The average molecular weight is 470 g/mol. The first kappa shape index (κ1) is 21.6. The van der Waals surface area contributed by atoms with Gasteiger partial charge in [-0.15, -0.1) is 0 Å². The summed E-state index contributed by atoms with van der Waals surface area (Å²) in [5.74, 6) is 0.945. The Balaban J connectivity index is 1.67. The standard InChI is InChI=1S/C34H33N2/c1-19(2)25-10-8-11-26(20(3)4)32(25)23-13-14-29-31(17-23)36-30-16-22(6)21(5)15-28(30)27-12-7-9-24-18-35(29)34(36)33(24)27/h7-17,19-20H,18H2,1-6H3/q+1. The van der Waals surface area contributed by atoms with E-state index in [2.05, 4.69) is 117 Å². The highest BCUT2D eigenvalue weighted by molar-refractivity contribution is 6.14. The number of hydrogen-bond acceptors (Lipinski definition) is 0. The lowest BCUT2D eigenvalue weighted by atomic mass is 9.85. The van der Waals surface area contributed by atoms with E-state index in [4.69, 9.17) is 0 Å². The summed E-state index contributed by atoms with van der Waals surface area (Å²) in [5, 5.41) is 4.14. The van der Waals surface area contributed by atoms with Gasteiger partial charge in [-0.25, -0.2) is 4.57 Å². The lowest BCUT2D eigenvalue weighted by molar-refractivity contribution is -0.631. The minimum atomic E-state index is 0.472. The number of aromatic nitrogens is 2. The van der Waals surface area contributed by atoms with Crippen LogP contribution in [0.1, 0.15) is 67.3 Å². The predicted molar refractivity (Wildman–Crippen MR) is 152 cm³/mol. The molecule has 0 aliphatic carbocycles. The van der Waals surface area contributed by atoms with Crippen LogP contribution in [0.4, 0.5) is 0 Å². The molecule has 1 aliphatic rings. The van der Waals surface area contributed by atoms with E-state index in [1.165, 1.54) is 77.3 Å². The third-order valence-corrected chi connectivity index (χ3v) is 8.48. The second kappa shape index (κ2) is 7.43. The zero-order chi connectivity index (χ0) is 24.9. The van der Waals surface area contributed by atoms with E-state index >= 15 is 0 Å². The van der Waals surface area contributed by atoms with E-state index < -0.39 is 0 Å². The van der Waals surface area contributed by atoms with Crippen molar-refractivity contribution < 1.29 is 4.57 Å². The van der Waals surface area contributed by atoms with Gasteiger partial charge in [0.05, 0.1) is 5.39 Å². The summed E-state index contributed by atoms with van der Waals surface area (Å²) in [6.07, 6.45) is 0. The molecule has 0 bridgehead atoms. The zero-order valence-electron chi connectivity index (χ0n) is 22.1. The molecule has 0 saturated carbocycles. The number of pyridine rings is 1. The third-order valence-electron chi connectivity index (χ3n) is 8.48. The maximum Gasteiger partial charge on any atom is 0.296 e. The summed E-state index contributed by atoms with van der Waals surface area (Å²) >= 11 is 0. The predicted octanol–water partition coefficient (Wildman–Crippen LogP) is 8.58. The summed E-state index contributed by atoms with van der Waals surface area (Å²) in [6.45, 7) is 14.7. The Labute approximate surface area is 212 Å². The second-order valence-electron chi connectivity index (χ2n) is 11.4. The van der Waals surface area contributed by atoms with Gasteiger partial charge < -0.3 is 0 Å². The lowest BCUT2D eigenvalue weighted by Gasteiger charge is -2.20. The van der Waals surface area contributed by atoms with Gasteiger partial charge in [-0.2, -0.15) is 4.40 Å². The van der Waals surface area contributed by atoms with E-state index in [0.717, 1.165) is 6.54 Å². The van der Waals surface area contributed by atoms with Crippen molar-refractivity contribution in [1.29, 1.82) is 0 Å². The highest BCUT2D eigenvalue weighted by Gasteiger charge is 2.32. The van der Waals surface area contributed by atoms with Gasteiger partial charge in [0.1, 0.15) is 12.1 Å². The van der Waals surface area contributed by atoms with Crippen molar-refractivity contribution in [2.24, 2.45) is 0 Å². The van der Waals surface area contributed by atoms with Crippen LogP contribution < -0.4 is 4.57 Å². The maximum atomic E-state index is 2.55. The topological polar surface area (TPSA) is 8.29 Å². The zero-order valence-corrected chi connectivity index (χ0v) is 22.1. The Kier molecular flexibility index (Phi) is 4.46. The van der Waals surface area contributed by atoms with Gasteiger partial charge in [0.2, 0.25) is 0 Å². The Morgan fingerprint density at radius 2 is 1.42 bits per heavy atom. The fraction of sp³-hybridized carbons (Fsp3) is 0.265. The lowest BCUT2D eigenvalue weighted by Crippen LogP contribution is -2.30. The molecule has 0 fully saturated rings. The molecular formula is C34H33N2+. The van der Waals surface area contributed by atoms with Crippen LogP contribution in [0.5, 0.6) is 0 Å². The Morgan fingerprint density at radius 1 is 0.722 bits per heavy atom. The first-order chi connectivity index (χ1) is 17.3. The molecule has 4 aromatic carbocycles. The molecular weight excluding hydrogens is 436 g/mol. The van der Waals surface area contributed by atoms with Crippen molar-refractivity contribution in [1.82, 2.24) is 4.40 Å². The molecule has 2 heteroatoms. The first-order valence-electron chi connectivity index (χ1n) is 13.3. The van der Waals surface area contributed by atoms with Gasteiger partial charge in [0.15, 0.2) is 11.0 Å². The van der Waals surface area contributed by atoms with Crippen LogP contribution in [0, 0.1) is 13.8 Å². The van der Waals surface area contributed by atoms with Crippen LogP contribution >= 0.6 is 0 Å². The molecule has 36 heavy (non-hydrogen) atoms. The summed E-state index contributed by atoms with van der Waals surface area (Å²) in [7, 11) is 0. The van der Waals surface area contributed by atoms with Crippen molar-refractivity contribution >= 4 is 38.4 Å². The van der Waals surface area contributed by atoms with Crippen molar-refractivity contribution in [3.63, 3.8) is 0 Å². The largest absolute Gasteiger partial charge is 0.296 e. The van der Waals surface area contributed by atoms with Crippen LogP contribution in [0.2, 0.25) is 0 Å². The fourth-order valence-corrected chi connectivity index (χ4v) is 6.56. The summed E-state index contributed by atoms with van der Waals surface area (Å²) in [4.78, 5) is 0. The van der Waals surface area contributed by atoms with Crippen molar-refractivity contribution in [3.8, 4) is 11.1 Å². The smallest absolute Gasteiger partial charge is 0.218 e. The minimum Gasteiger partial charge on any atom is -0.218 e. The van der Waals surface area contributed by atoms with E-state index in [9.17, 15) is 0 Å². The normalized spacial score (nSPS) is 13.1. The Hall–Kier alpha value is -3.65. The summed E-state index contributed by atoms with van der Waals surface area (Å²) < 4.78 is 5.08. The molecule has 2 nitrogen and oxygen atoms in total. The van der Waals surface area contributed by atoms with Crippen LogP contribution in [-0.4, -0.2) is 4.40 Å². The maximum absolute atomic E-state index is 2.55. The molecule has 6 aromatic rings. The van der Waals surface area contributed by atoms with E-state index in [0.29, 0.717) is 11.8 Å². The first-order valence-corrected chi connectivity index (χ1v) is 13.3. The highest BCUT2D eigenvalue weighted by Crippen LogP contribution is 2.40. The van der Waals surface area contributed by atoms with Gasteiger partial charge >= 0.3 is 0 Å². The van der Waals surface area contributed by atoms with E-state index in [1.54, 1.807) is 0 Å². The molecule has 0 amide bonds. The summed E-state index contributed by atoms with van der Waals surface area (Å²) in [6, 6.07) is 25.7. The highest BCUT2D eigenvalue weighted by atomic mass is 15.1. The van der Waals surface area contributed by atoms with Crippen LogP contribution in [0.25, 0.3) is 49.5 Å². The molecule has 3 heterocycles. The molecule has 0 saturated heterocycles. The second-order valence-corrected chi connectivity index (χ2v) is 11.4. The molecule has 0 atom stereocenters. The number of rotatable bonds is 3. The van der Waals surface area contributed by atoms with Crippen LogP contribution in [-0.2, 0) is 6.54 Å². The average Bonchev–Trinajstić information content (AvgIpc) is 3.39. The molecule has 2 aromatic heterocycles. The number of fused-ring (bicyclic) bond motifs is 6. The molecule has 0 unspecified atom stereocenters. The van der Waals surface area contributed by atoms with E-state index in [1.807, 2.05) is 0 Å². The molecule has 0 spiro atoms. The number of benzene rings is 4. The van der Waals surface area contributed by atoms with Gasteiger partial charge in [-0.05, 0) is 89.4 Å². The summed E-state index contributed by atoms with van der Waals surface area (Å²) in [5.41, 5.74) is 15.0. The Bertz CT molecular complexity index is 1860. The van der Waals surface area contributed by atoms with Gasteiger partial charge in [0, 0.05) is 16.3 Å².